The fraction of sp³-hybridized carbons (Fsp3) is 0.172. The minimum Gasteiger partial charge on any atom is -0.480 e. The molecule has 5 nitrogen and oxygen atoms in total. The zero-order valence-electron chi connectivity index (χ0n) is 19.0. The second-order valence-electron chi connectivity index (χ2n) is 8.51. The summed E-state index contributed by atoms with van der Waals surface area (Å²) >= 11 is 1.47. The Kier molecular flexibility index (Phi) is 6.73. The Balaban J connectivity index is 1.19. The van der Waals surface area contributed by atoms with Crippen molar-refractivity contribution in [2.24, 2.45) is 0 Å². The molecule has 176 valence electrons. The summed E-state index contributed by atoms with van der Waals surface area (Å²) in [6.45, 7) is 0.148. The molecule has 0 bridgehead atoms. The normalized spacial score (nSPS) is 13.1. The van der Waals surface area contributed by atoms with Gasteiger partial charge in [0, 0.05) is 17.4 Å². The molecule has 1 aliphatic carbocycles. The molecule has 0 saturated carbocycles. The molecule has 0 spiro atoms. The van der Waals surface area contributed by atoms with E-state index in [0.717, 1.165) is 38.6 Å². The number of amides is 1. The molecule has 1 unspecified atom stereocenters. The van der Waals surface area contributed by atoms with Gasteiger partial charge < -0.3 is 15.2 Å². The first-order valence-electron chi connectivity index (χ1n) is 11.5. The van der Waals surface area contributed by atoms with Crippen LogP contribution in [0.4, 0.5) is 4.79 Å². The van der Waals surface area contributed by atoms with Crippen LogP contribution in [0.15, 0.2) is 91.0 Å². The number of fused-ring (bicyclic) bond motifs is 4. The van der Waals surface area contributed by atoms with Crippen LogP contribution < -0.4 is 5.32 Å². The maximum absolute atomic E-state index is 12.5. The highest BCUT2D eigenvalue weighted by Crippen LogP contribution is 2.44. The minimum absolute atomic E-state index is 0.0721. The summed E-state index contributed by atoms with van der Waals surface area (Å²) < 4.78 is 5.52. The van der Waals surface area contributed by atoms with Crippen LogP contribution in [0.1, 0.15) is 22.6 Å². The molecule has 5 rings (SSSR count). The first-order valence-corrected chi connectivity index (χ1v) is 12.7. The van der Waals surface area contributed by atoms with Gasteiger partial charge in [0.25, 0.3) is 0 Å². The number of hydrogen-bond acceptors (Lipinski definition) is 4. The highest BCUT2D eigenvalue weighted by atomic mass is 32.2. The molecule has 1 amide bonds. The lowest BCUT2D eigenvalue weighted by Gasteiger charge is -2.17. The van der Waals surface area contributed by atoms with E-state index in [1.54, 1.807) is 0 Å². The van der Waals surface area contributed by atoms with Gasteiger partial charge >= 0.3 is 12.1 Å². The van der Waals surface area contributed by atoms with Crippen molar-refractivity contribution in [3.8, 4) is 11.1 Å². The highest BCUT2D eigenvalue weighted by Gasteiger charge is 2.29. The third kappa shape index (κ3) is 4.88. The number of carbonyl (C=O) groups is 2. The largest absolute Gasteiger partial charge is 0.480 e. The molecule has 4 aromatic carbocycles. The maximum atomic E-state index is 12.5. The summed E-state index contributed by atoms with van der Waals surface area (Å²) in [6, 6.07) is 29.4. The maximum Gasteiger partial charge on any atom is 0.407 e. The third-order valence-corrected chi connectivity index (χ3v) is 7.44. The van der Waals surface area contributed by atoms with Gasteiger partial charge in [-0.2, -0.15) is 11.8 Å². The topological polar surface area (TPSA) is 75.6 Å². The minimum atomic E-state index is -1.08. The van der Waals surface area contributed by atoms with E-state index < -0.39 is 18.1 Å². The molecule has 0 aromatic heterocycles. The van der Waals surface area contributed by atoms with Gasteiger partial charge in [0.2, 0.25) is 0 Å². The van der Waals surface area contributed by atoms with E-state index in [2.05, 4.69) is 35.6 Å². The number of aliphatic carboxylic acids is 1. The molecule has 0 heterocycles. The summed E-state index contributed by atoms with van der Waals surface area (Å²) in [5.41, 5.74) is 5.65. The predicted octanol–water partition coefficient (Wildman–Crippen LogP) is 6.06. The van der Waals surface area contributed by atoms with Gasteiger partial charge in [0.15, 0.2) is 0 Å². The van der Waals surface area contributed by atoms with Gasteiger partial charge in [-0.15, -0.1) is 0 Å². The Morgan fingerprint density at radius 1 is 0.857 bits per heavy atom. The van der Waals surface area contributed by atoms with Crippen LogP contribution in [0.5, 0.6) is 0 Å². The van der Waals surface area contributed by atoms with E-state index in [-0.39, 0.29) is 18.3 Å². The van der Waals surface area contributed by atoms with Crippen LogP contribution in [0.25, 0.3) is 21.9 Å². The van der Waals surface area contributed by atoms with Crippen molar-refractivity contribution < 1.29 is 19.4 Å². The van der Waals surface area contributed by atoms with Crippen LogP contribution in [-0.4, -0.2) is 35.6 Å². The average Bonchev–Trinajstić information content (AvgIpc) is 3.20. The number of hydrogen-bond donors (Lipinski definition) is 2. The lowest BCUT2D eigenvalue weighted by molar-refractivity contribution is -0.138. The van der Waals surface area contributed by atoms with Crippen molar-refractivity contribution >= 4 is 34.6 Å². The summed E-state index contributed by atoms with van der Waals surface area (Å²) in [5.74, 6) is -0.263. The van der Waals surface area contributed by atoms with Crippen molar-refractivity contribution in [3.05, 3.63) is 108 Å². The van der Waals surface area contributed by atoms with Crippen LogP contribution in [0.2, 0.25) is 0 Å². The first kappa shape index (κ1) is 23.0. The third-order valence-electron chi connectivity index (χ3n) is 6.36. The molecule has 0 saturated heterocycles. The molecular weight excluding hydrogens is 458 g/mol. The van der Waals surface area contributed by atoms with Crippen LogP contribution in [0, 0.1) is 0 Å². The second-order valence-corrected chi connectivity index (χ2v) is 9.54. The molecule has 6 heteroatoms. The van der Waals surface area contributed by atoms with Crippen LogP contribution in [0.3, 0.4) is 0 Å². The Morgan fingerprint density at radius 3 is 2.20 bits per heavy atom. The lowest BCUT2D eigenvalue weighted by Crippen LogP contribution is -2.43. The number of thioether (sulfide) groups is 1. The summed E-state index contributed by atoms with van der Waals surface area (Å²) in [6.07, 6.45) is -0.718. The Hall–Kier alpha value is -3.77. The number of alkyl carbamates (subject to hydrolysis) is 1. The van der Waals surface area contributed by atoms with E-state index >= 15 is 0 Å². The quantitative estimate of drug-likeness (QED) is 0.318. The molecule has 4 aromatic rings. The Morgan fingerprint density at radius 2 is 1.49 bits per heavy atom. The summed E-state index contributed by atoms with van der Waals surface area (Å²) in [5, 5.41) is 14.5. The molecule has 0 radical (unpaired) electrons. The van der Waals surface area contributed by atoms with Crippen LogP contribution in [-0.2, 0) is 15.3 Å². The van der Waals surface area contributed by atoms with Gasteiger partial charge in [-0.3, -0.25) is 0 Å². The second kappa shape index (κ2) is 10.2. The molecular formula is C29H25NO4S. The fourth-order valence-electron chi connectivity index (χ4n) is 4.66. The number of nitrogens with one attached hydrogen (secondary N) is 1. The molecule has 2 N–H and O–H groups in total. The Bertz CT molecular complexity index is 1340. The van der Waals surface area contributed by atoms with Crippen LogP contribution >= 0.6 is 11.8 Å². The molecule has 1 aliphatic rings. The zero-order valence-corrected chi connectivity index (χ0v) is 19.8. The molecule has 0 fully saturated rings. The highest BCUT2D eigenvalue weighted by molar-refractivity contribution is 7.98. The van der Waals surface area contributed by atoms with E-state index in [1.807, 2.05) is 60.7 Å². The Labute approximate surface area is 208 Å². The van der Waals surface area contributed by atoms with Gasteiger partial charge in [-0.25, -0.2) is 9.59 Å². The standard InChI is InChI=1S/C29H25NO4S/c31-28(32)27(18-35-17-20-10-7-9-19-8-1-2-11-21(19)20)30-29(33)34-16-26-24-14-5-3-12-22(24)23-13-4-6-15-25(23)26/h1-15,26-27H,16-18H2,(H,30,33)(H,31,32). The smallest absolute Gasteiger partial charge is 0.407 e. The van der Waals surface area contributed by atoms with Crippen molar-refractivity contribution in [1.29, 1.82) is 0 Å². The van der Waals surface area contributed by atoms with E-state index in [1.165, 1.54) is 11.8 Å². The summed E-state index contributed by atoms with van der Waals surface area (Å²) in [4.78, 5) is 24.3. The monoisotopic (exact) mass is 483 g/mol. The van der Waals surface area contributed by atoms with Crippen molar-refractivity contribution in [2.75, 3.05) is 12.4 Å². The van der Waals surface area contributed by atoms with E-state index in [9.17, 15) is 14.7 Å². The SMILES string of the molecule is O=C(NC(CSCc1cccc2ccccc12)C(=O)O)OCC1c2ccccc2-c2ccccc21. The van der Waals surface area contributed by atoms with Crippen molar-refractivity contribution in [2.45, 2.75) is 17.7 Å². The number of benzene rings is 4. The van der Waals surface area contributed by atoms with E-state index in [4.69, 9.17) is 4.74 Å². The van der Waals surface area contributed by atoms with Crippen molar-refractivity contribution in [1.82, 2.24) is 5.32 Å². The van der Waals surface area contributed by atoms with Gasteiger partial charge in [0.1, 0.15) is 12.6 Å². The number of carbonyl (C=O) groups excluding carboxylic acids is 1. The number of carboxylic acids is 1. The first-order chi connectivity index (χ1) is 17.1. The van der Waals surface area contributed by atoms with E-state index in [0.29, 0.717) is 5.75 Å². The van der Waals surface area contributed by atoms with Gasteiger partial charge in [-0.05, 0) is 38.6 Å². The number of carboxylic acid groups (broad SMARTS) is 1. The van der Waals surface area contributed by atoms with Gasteiger partial charge in [-0.1, -0.05) is 91.0 Å². The van der Waals surface area contributed by atoms with Gasteiger partial charge in [0.05, 0.1) is 0 Å². The molecule has 0 aliphatic heterocycles. The fourth-order valence-corrected chi connectivity index (χ4v) is 5.71. The molecule has 35 heavy (non-hydrogen) atoms. The number of rotatable bonds is 8. The predicted molar refractivity (Wildman–Crippen MR) is 140 cm³/mol. The van der Waals surface area contributed by atoms with Crippen molar-refractivity contribution in [3.63, 3.8) is 0 Å². The number of ether oxygens (including phenoxy) is 1. The summed E-state index contributed by atoms with van der Waals surface area (Å²) in [7, 11) is 0. The average molecular weight is 484 g/mol. The zero-order chi connectivity index (χ0) is 24.2. The molecule has 1 atom stereocenters. The lowest BCUT2D eigenvalue weighted by atomic mass is 9.98.